The Hall–Kier alpha value is -4.55. The Bertz CT molecular complexity index is 1710. The molecule has 2 heterocycles. The second kappa shape index (κ2) is 9.84. The number of methoxy groups -OCH3 is 1. The molecule has 0 aliphatic heterocycles. The van der Waals surface area contributed by atoms with Crippen molar-refractivity contribution in [1.29, 1.82) is 0 Å². The minimum Gasteiger partial charge on any atom is -0.465 e. The minimum atomic E-state index is -0.360. The van der Waals surface area contributed by atoms with Crippen molar-refractivity contribution in [2.24, 2.45) is 0 Å². The predicted octanol–water partition coefficient (Wildman–Crippen LogP) is 7.92. The molecule has 0 aliphatic rings. The molecule has 37 heavy (non-hydrogen) atoms. The summed E-state index contributed by atoms with van der Waals surface area (Å²) in [4.78, 5) is 21.2. The van der Waals surface area contributed by atoms with Crippen LogP contribution >= 0.6 is 12.0 Å². The Morgan fingerprint density at radius 2 is 1.57 bits per heavy atom. The van der Waals surface area contributed by atoms with Gasteiger partial charge in [-0.1, -0.05) is 60.7 Å². The molecule has 2 aromatic heterocycles. The average Bonchev–Trinajstić information content (AvgIpc) is 3.34. The van der Waals surface area contributed by atoms with Gasteiger partial charge in [-0.3, -0.25) is 0 Å². The second-order valence-corrected chi connectivity index (χ2v) is 9.32. The van der Waals surface area contributed by atoms with Crippen LogP contribution in [-0.4, -0.2) is 23.0 Å². The molecule has 4 aromatic carbocycles. The van der Waals surface area contributed by atoms with E-state index in [2.05, 4.69) is 23.2 Å². The van der Waals surface area contributed by atoms with E-state index in [1.165, 1.54) is 19.2 Å². The Kier molecular flexibility index (Phi) is 6.08. The number of hydrogen-bond acceptors (Lipinski definition) is 5. The SMILES string of the molecule is COC(=O)c1ccc(-c2cnc3[nH]c4ccc(OSc5ccccc5)cc4c3c2-c2ccccc2)cc1. The van der Waals surface area contributed by atoms with Crippen molar-refractivity contribution in [1.82, 2.24) is 9.97 Å². The molecule has 0 unspecified atom stereocenters. The third-order valence-electron chi connectivity index (χ3n) is 6.25. The van der Waals surface area contributed by atoms with Crippen LogP contribution in [0.25, 0.3) is 44.2 Å². The first-order chi connectivity index (χ1) is 18.2. The highest BCUT2D eigenvalue weighted by atomic mass is 32.2. The van der Waals surface area contributed by atoms with E-state index in [-0.39, 0.29) is 5.97 Å². The van der Waals surface area contributed by atoms with Crippen LogP contribution in [0, 0.1) is 0 Å². The number of esters is 1. The monoisotopic (exact) mass is 502 g/mol. The number of rotatable bonds is 6. The predicted molar refractivity (Wildman–Crippen MR) is 149 cm³/mol. The van der Waals surface area contributed by atoms with Crippen LogP contribution in [0.1, 0.15) is 10.4 Å². The van der Waals surface area contributed by atoms with E-state index in [0.29, 0.717) is 5.56 Å². The fourth-order valence-electron chi connectivity index (χ4n) is 4.49. The van der Waals surface area contributed by atoms with E-state index < -0.39 is 0 Å². The highest BCUT2D eigenvalue weighted by Crippen LogP contribution is 2.41. The van der Waals surface area contributed by atoms with Crippen LogP contribution in [0.15, 0.2) is 114 Å². The number of benzene rings is 4. The molecular formula is C31H22N2O3S. The number of pyridine rings is 1. The Balaban J connectivity index is 1.52. The maximum atomic E-state index is 12.0. The quantitative estimate of drug-likeness (QED) is 0.185. The van der Waals surface area contributed by atoms with Crippen LogP contribution in [-0.2, 0) is 4.74 Å². The summed E-state index contributed by atoms with van der Waals surface area (Å²) in [5.74, 6) is 0.398. The lowest BCUT2D eigenvalue weighted by molar-refractivity contribution is 0.0600. The fraction of sp³-hybridized carbons (Fsp3) is 0.0323. The van der Waals surface area contributed by atoms with Gasteiger partial charge in [0, 0.05) is 38.5 Å². The molecule has 0 spiro atoms. The Morgan fingerprint density at radius 1 is 0.838 bits per heavy atom. The van der Waals surface area contributed by atoms with Crippen molar-refractivity contribution in [3.8, 4) is 28.0 Å². The van der Waals surface area contributed by atoms with Crippen LogP contribution in [0.5, 0.6) is 5.75 Å². The van der Waals surface area contributed by atoms with E-state index in [4.69, 9.17) is 13.9 Å². The zero-order valence-electron chi connectivity index (χ0n) is 20.0. The summed E-state index contributed by atoms with van der Waals surface area (Å²) in [5.41, 5.74) is 6.37. The second-order valence-electron chi connectivity index (χ2n) is 8.52. The number of hydrogen-bond donors (Lipinski definition) is 1. The highest BCUT2D eigenvalue weighted by Gasteiger charge is 2.18. The van der Waals surface area contributed by atoms with E-state index in [1.54, 1.807) is 12.1 Å². The molecule has 1 N–H and O–H groups in total. The van der Waals surface area contributed by atoms with Gasteiger partial charge in [-0.15, -0.1) is 0 Å². The molecule has 6 aromatic rings. The number of carbonyl (C=O) groups is 1. The number of ether oxygens (including phenoxy) is 1. The van der Waals surface area contributed by atoms with Gasteiger partial charge < -0.3 is 13.9 Å². The summed E-state index contributed by atoms with van der Waals surface area (Å²) >= 11 is 1.33. The van der Waals surface area contributed by atoms with Crippen LogP contribution in [0.3, 0.4) is 0 Å². The number of carbonyl (C=O) groups excluding carboxylic acids is 1. The molecule has 6 rings (SSSR count). The molecule has 0 bridgehead atoms. The Morgan fingerprint density at radius 3 is 2.30 bits per heavy atom. The molecule has 0 radical (unpaired) electrons. The van der Waals surface area contributed by atoms with Crippen LogP contribution < -0.4 is 4.18 Å². The van der Waals surface area contributed by atoms with Crippen LogP contribution in [0.4, 0.5) is 0 Å². The number of aromatic nitrogens is 2. The van der Waals surface area contributed by atoms with Crippen molar-refractivity contribution in [2.45, 2.75) is 4.90 Å². The number of aromatic amines is 1. The Labute approximate surface area is 218 Å². The summed E-state index contributed by atoms with van der Waals surface area (Å²) in [5, 5.41) is 2.05. The zero-order chi connectivity index (χ0) is 25.2. The average molecular weight is 503 g/mol. The third kappa shape index (κ3) is 4.43. The maximum absolute atomic E-state index is 12.0. The number of fused-ring (bicyclic) bond motifs is 3. The lowest BCUT2D eigenvalue weighted by Gasteiger charge is -2.13. The van der Waals surface area contributed by atoms with Gasteiger partial charge in [0.15, 0.2) is 0 Å². The van der Waals surface area contributed by atoms with Gasteiger partial charge >= 0.3 is 5.97 Å². The largest absolute Gasteiger partial charge is 0.465 e. The summed E-state index contributed by atoms with van der Waals surface area (Å²) < 4.78 is 10.9. The van der Waals surface area contributed by atoms with Gasteiger partial charge in [0.1, 0.15) is 11.4 Å². The number of nitrogens with one attached hydrogen (secondary N) is 1. The first kappa shape index (κ1) is 22.9. The van der Waals surface area contributed by atoms with Gasteiger partial charge in [0.25, 0.3) is 0 Å². The first-order valence-corrected chi connectivity index (χ1v) is 12.5. The minimum absolute atomic E-state index is 0.360. The van der Waals surface area contributed by atoms with Crippen molar-refractivity contribution < 1.29 is 13.7 Å². The van der Waals surface area contributed by atoms with Gasteiger partial charge in [0.05, 0.1) is 24.7 Å². The van der Waals surface area contributed by atoms with Gasteiger partial charge in [0.2, 0.25) is 0 Å². The van der Waals surface area contributed by atoms with Gasteiger partial charge in [-0.2, -0.15) is 0 Å². The van der Waals surface area contributed by atoms with E-state index in [9.17, 15) is 4.79 Å². The van der Waals surface area contributed by atoms with Crippen molar-refractivity contribution in [3.63, 3.8) is 0 Å². The first-order valence-electron chi connectivity index (χ1n) is 11.8. The van der Waals surface area contributed by atoms with Gasteiger partial charge in [-0.25, -0.2) is 9.78 Å². The molecule has 5 nitrogen and oxygen atoms in total. The van der Waals surface area contributed by atoms with Crippen molar-refractivity contribution >= 4 is 39.9 Å². The smallest absolute Gasteiger partial charge is 0.337 e. The van der Waals surface area contributed by atoms with Gasteiger partial charge in [-0.05, 0) is 53.6 Å². The van der Waals surface area contributed by atoms with E-state index in [1.807, 2.05) is 79.0 Å². The zero-order valence-corrected chi connectivity index (χ0v) is 20.8. The molecule has 6 heteroatoms. The highest BCUT2D eigenvalue weighted by molar-refractivity contribution is 7.95. The third-order valence-corrected chi connectivity index (χ3v) is 6.99. The normalized spacial score (nSPS) is 11.1. The summed E-state index contributed by atoms with van der Waals surface area (Å²) in [7, 11) is 1.38. The molecular weight excluding hydrogens is 480 g/mol. The van der Waals surface area contributed by atoms with E-state index in [0.717, 1.165) is 54.8 Å². The summed E-state index contributed by atoms with van der Waals surface area (Å²) in [6.07, 6.45) is 1.88. The maximum Gasteiger partial charge on any atom is 0.337 e. The lowest BCUT2D eigenvalue weighted by Crippen LogP contribution is -2.00. The van der Waals surface area contributed by atoms with Crippen LogP contribution in [0.2, 0.25) is 0 Å². The summed E-state index contributed by atoms with van der Waals surface area (Å²) in [6.45, 7) is 0. The molecule has 0 atom stereocenters. The molecule has 0 fully saturated rings. The van der Waals surface area contributed by atoms with Crippen molar-refractivity contribution in [3.05, 3.63) is 115 Å². The molecule has 0 aliphatic carbocycles. The molecule has 180 valence electrons. The number of nitrogens with zero attached hydrogens (tertiary/aromatic N) is 1. The van der Waals surface area contributed by atoms with Crippen molar-refractivity contribution in [2.75, 3.05) is 7.11 Å². The summed E-state index contributed by atoms with van der Waals surface area (Å²) in [6, 6.07) is 33.8. The topological polar surface area (TPSA) is 64.2 Å². The molecule has 0 saturated carbocycles. The number of H-pyrrole nitrogens is 1. The standard InChI is InChI=1S/C31H22N2O3S/c1-35-31(34)22-14-12-20(13-15-22)26-19-32-30-29(28(26)21-8-4-2-5-9-21)25-18-23(16-17-27(25)33-30)36-37-24-10-6-3-7-11-24/h2-19H,1H3,(H,32,33). The molecule has 0 amide bonds. The molecule has 0 saturated heterocycles. The lowest BCUT2D eigenvalue weighted by atomic mass is 9.92. The van der Waals surface area contributed by atoms with E-state index >= 15 is 0 Å². The fourth-order valence-corrected chi connectivity index (χ4v) is 5.05.